The first-order chi connectivity index (χ1) is 15.6. The molecular formula is C24H29N5O2S. The van der Waals surface area contributed by atoms with E-state index in [0.29, 0.717) is 5.69 Å². The average Bonchev–Trinajstić information content (AvgIpc) is 2.95. The number of nitrogens with zero attached hydrogens (tertiary/aromatic N) is 3. The van der Waals surface area contributed by atoms with Gasteiger partial charge in [0.15, 0.2) is 0 Å². The topological polar surface area (TPSA) is 79.3 Å². The lowest BCUT2D eigenvalue weighted by molar-refractivity contribution is -0.116. The molecule has 7 nitrogen and oxygen atoms in total. The number of hydrogen-bond donors (Lipinski definition) is 2. The predicted molar refractivity (Wildman–Crippen MR) is 131 cm³/mol. The molecule has 2 heterocycles. The monoisotopic (exact) mass is 451 g/mol. The summed E-state index contributed by atoms with van der Waals surface area (Å²) >= 11 is 1.68. The number of thioether (sulfide) groups is 1. The van der Waals surface area contributed by atoms with Gasteiger partial charge in [-0.05, 0) is 55.5 Å². The summed E-state index contributed by atoms with van der Waals surface area (Å²) in [5.41, 5.74) is 3.27. The number of rotatable bonds is 6. The van der Waals surface area contributed by atoms with E-state index >= 15 is 0 Å². The van der Waals surface area contributed by atoms with Crippen LogP contribution in [-0.2, 0) is 17.1 Å². The van der Waals surface area contributed by atoms with Crippen molar-refractivity contribution in [2.24, 2.45) is 0 Å². The van der Waals surface area contributed by atoms with Gasteiger partial charge in [0.25, 0.3) is 0 Å². The van der Waals surface area contributed by atoms with E-state index in [1.807, 2.05) is 64.3 Å². The van der Waals surface area contributed by atoms with Gasteiger partial charge in [0.1, 0.15) is 12.4 Å². The first-order valence-corrected chi connectivity index (χ1v) is 12.4. The third-order valence-electron chi connectivity index (χ3n) is 5.62. The lowest BCUT2D eigenvalue weighted by atomic mass is 10.2. The summed E-state index contributed by atoms with van der Waals surface area (Å²) < 4.78 is 1.97. The van der Waals surface area contributed by atoms with Crippen LogP contribution in [-0.4, -0.2) is 45.7 Å². The number of carbonyl (C=O) groups is 2. The van der Waals surface area contributed by atoms with Crippen LogP contribution in [0, 0.1) is 0 Å². The van der Waals surface area contributed by atoms with Crippen LogP contribution in [0.2, 0.25) is 0 Å². The Morgan fingerprint density at radius 1 is 0.938 bits per heavy atom. The molecule has 2 aromatic carbocycles. The van der Waals surface area contributed by atoms with E-state index in [4.69, 9.17) is 0 Å². The Morgan fingerprint density at radius 2 is 1.59 bits per heavy atom. The Morgan fingerprint density at radius 3 is 2.28 bits per heavy atom. The number of para-hydroxylation sites is 2. The van der Waals surface area contributed by atoms with Gasteiger partial charge in [-0.15, -0.1) is 0 Å². The molecule has 1 aliphatic rings. The number of benzene rings is 2. The van der Waals surface area contributed by atoms with Crippen molar-refractivity contribution < 1.29 is 9.59 Å². The van der Waals surface area contributed by atoms with Crippen LogP contribution in [0.1, 0.15) is 31.5 Å². The zero-order valence-corrected chi connectivity index (χ0v) is 19.2. The van der Waals surface area contributed by atoms with Crippen molar-refractivity contribution in [1.29, 1.82) is 0 Å². The number of amides is 3. The molecule has 2 N–H and O–H groups in total. The third-order valence-corrected chi connectivity index (χ3v) is 6.17. The van der Waals surface area contributed by atoms with E-state index in [2.05, 4.69) is 15.6 Å². The van der Waals surface area contributed by atoms with Crippen LogP contribution in [0.5, 0.6) is 0 Å². The molecule has 0 saturated carbocycles. The fourth-order valence-electron chi connectivity index (χ4n) is 4.00. The SMILES string of the molecule is CSCc1nc2ccccc2n1CC(=O)Nc1ccc(NC(=O)N2CCCCCC2)cc1. The van der Waals surface area contributed by atoms with E-state index in [1.54, 1.807) is 11.8 Å². The molecule has 1 fully saturated rings. The van der Waals surface area contributed by atoms with Crippen molar-refractivity contribution in [3.05, 3.63) is 54.4 Å². The Labute approximate surface area is 192 Å². The highest BCUT2D eigenvalue weighted by Crippen LogP contribution is 2.20. The van der Waals surface area contributed by atoms with Crippen LogP contribution < -0.4 is 10.6 Å². The number of carbonyl (C=O) groups excluding carboxylic acids is 2. The molecule has 4 rings (SSSR count). The van der Waals surface area contributed by atoms with Crippen molar-refractivity contribution in [3.63, 3.8) is 0 Å². The maximum Gasteiger partial charge on any atom is 0.321 e. The predicted octanol–water partition coefficient (Wildman–Crippen LogP) is 4.95. The molecule has 0 radical (unpaired) electrons. The molecule has 3 amide bonds. The highest BCUT2D eigenvalue weighted by Gasteiger charge is 2.16. The molecule has 3 aromatic rings. The van der Waals surface area contributed by atoms with Gasteiger partial charge in [-0.3, -0.25) is 4.79 Å². The Kier molecular flexibility index (Phi) is 7.32. The van der Waals surface area contributed by atoms with Crippen molar-refractivity contribution in [3.8, 4) is 0 Å². The van der Waals surface area contributed by atoms with Gasteiger partial charge < -0.3 is 20.1 Å². The zero-order chi connectivity index (χ0) is 22.3. The van der Waals surface area contributed by atoms with Gasteiger partial charge in [0.05, 0.1) is 16.8 Å². The average molecular weight is 452 g/mol. The minimum Gasteiger partial charge on any atom is -0.325 e. The second kappa shape index (κ2) is 10.5. The summed E-state index contributed by atoms with van der Waals surface area (Å²) in [7, 11) is 0. The summed E-state index contributed by atoms with van der Waals surface area (Å²) in [5, 5.41) is 5.91. The molecule has 32 heavy (non-hydrogen) atoms. The standard InChI is InChI=1S/C24H29N5O2S/c1-32-17-22-27-20-8-4-5-9-21(20)29(22)16-23(30)25-18-10-12-19(13-11-18)26-24(31)28-14-6-2-3-7-15-28/h4-5,8-13H,2-3,6-7,14-17H2,1H3,(H,25,30)(H,26,31). The number of anilines is 2. The number of fused-ring (bicyclic) bond motifs is 1. The summed E-state index contributed by atoms with van der Waals surface area (Å²) in [4.78, 5) is 31.8. The van der Waals surface area contributed by atoms with Gasteiger partial charge in [-0.1, -0.05) is 25.0 Å². The van der Waals surface area contributed by atoms with Crippen molar-refractivity contribution >= 4 is 46.1 Å². The molecule has 8 heteroatoms. The molecule has 0 unspecified atom stereocenters. The quantitative estimate of drug-likeness (QED) is 0.556. The number of hydrogen-bond acceptors (Lipinski definition) is 4. The molecular weight excluding hydrogens is 422 g/mol. The number of likely N-dealkylation sites (tertiary alicyclic amines) is 1. The highest BCUT2D eigenvalue weighted by atomic mass is 32.2. The molecule has 1 saturated heterocycles. The van der Waals surface area contributed by atoms with Crippen molar-refractivity contribution in [2.75, 3.05) is 30.0 Å². The molecule has 0 aliphatic carbocycles. The maximum atomic E-state index is 12.7. The minimum atomic E-state index is -0.114. The largest absolute Gasteiger partial charge is 0.325 e. The molecule has 168 valence electrons. The molecule has 0 spiro atoms. The minimum absolute atomic E-state index is 0.0583. The van der Waals surface area contributed by atoms with Crippen LogP contribution in [0.15, 0.2) is 48.5 Å². The lowest BCUT2D eigenvalue weighted by Gasteiger charge is -2.20. The van der Waals surface area contributed by atoms with Crippen LogP contribution >= 0.6 is 11.8 Å². The van der Waals surface area contributed by atoms with Crippen LogP contribution in [0.25, 0.3) is 11.0 Å². The number of aromatic nitrogens is 2. The van der Waals surface area contributed by atoms with Crippen molar-refractivity contribution in [2.45, 2.75) is 38.0 Å². The van der Waals surface area contributed by atoms with Crippen LogP contribution in [0.4, 0.5) is 16.2 Å². The van der Waals surface area contributed by atoms with Gasteiger partial charge in [-0.25, -0.2) is 9.78 Å². The molecule has 1 aliphatic heterocycles. The van der Waals surface area contributed by atoms with Gasteiger partial charge in [0.2, 0.25) is 5.91 Å². The van der Waals surface area contributed by atoms with E-state index < -0.39 is 0 Å². The van der Waals surface area contributed by atoms with E-state index in [0.717, 1.165) is 54.2 Å². The third kappa shape index (κ3) is 5.43. The normalized spacial score (nSPS) is 14.2. The van der Waals surface area contributed by atoms with Crippen LogP contribution in [0.3, 0.4) is 0 Å². The van der Waals surface area contributed by atoms with E-state index in [9.17, 15) is 9.59 Å². The molecule has 0 bridgehead atoms. The Balaban J connectivity index is 1.37. The Hall–Kier alpha value is -3.00. The van der Waals surface area contributed by atoms with E-state index in [1.165, 1.54) is 12.8 Å². The second-order valence-corrected chi connectivity index (χ2v) is 8.86. The summed E-state index contributed by atoms with van der Waals surface area (Å²) in [6.45, 7) is 1.81. The lowest BCUT2D eigenvalue weighted by Crippen LogP contribution is -2.35. The number of imidazole rings is 1. The Bertz CT molecular complexity index is 1070. The maximum absolute atomic E-state index is 12.7. The molecule has 1 aromatic heterocycles. The molecule has 0 atom stereocenters. The fourth-order valence-corrected chi connectivity index (χ4v) is 4.48. The zero-order valence-electron chi connectivity index (χ0n) is 18.3. The van der Waals surface area contributed by atoms with E-state index in [-0.39, 0.29) is 18.5 Å². The van der Waals surface area contributed by atoms with Gasteiger partial charge in [0, 0.05) is 24.5 Å². The second-order valence-electron chi connectivity index (χ2n) is 7.99. The van der Waals surface area contributed by atoms with Gasteiger partial charge >= 0.3 is 6.03 Å². The summed E-state index contributed by atoms with van der Waals surface area (Å²) in [5.74, 6) is 1.52. The first kappa shape index (κ1) is 22.2. The van der Waals surface area contributed by atoms with Crippen molar-refractivity contribution in [1.82, 2.24) is 14.5 Å². The number of nitrogens with one attached hydrogen (secondary N) is 2. The van der Waals surface area contributed by atoms with Gasteiger partial charge in [-0.2, -0.15) is 11.8 Å². The first-order valence-electron chi connectivity index (χ1n) is 11.0. The fraction of sp³-hybridized carbons (Fsp3) is 0.375. The number of urea groups is 1. The summed E-state index contributed by atoms with van der Waals surface area (Å²) in [6.07, 6.45) is 6.51. The smallest absolute Gasteiger partial charge is 0.321 e. The summed E-state index contributed by atoms with van der Waals surface area (Å²) in [6, 6.07) is 15.1. The highest BCUT2D eigenvalue weighted by molar-refractivity contribution is 7.97.